The zero-order valence-corrected chi connectivity index (χ0v) is 15.7. The molecule has 1 spiro atoms. The van der Waals surface area contributed by atoms with E-state index >= 15 is 0 Å². The van der Waals surface area contributed by atoms with Crippen molar-refractivity contribution in [2.75, 3.05) is 13.1 Å². The van der Waals surface area contributed by atoms with Gasteiger partial charge in [-0.1, -0.05) is 12.1 Å². The zero-order chi connectivity index (χ0) is 18.0. The van der Waals surface area contributed by atoms with Crippen molar-refractivity contribution in [1.29, 1.82) is 0 Å². The average Bonchev–Trinajstić information content (AvgIpc) is 3.08. The Hall–Kier alpha value is -1.72. The van der Waals surface area contributed by atoms with Crippen LogP contribution in [0.4, 0.5) is 4.39 Å². The fourth-order valence-electron chi connectivity index (χ4n) is 4.23. The molecule has 2 fully saturated rings. The van der Waals surface area contributed by atoms with Crippen molar-refractivity contribution in [2.24, 2.45) is 5.41 Å². The van der Waals surface area contributed by atoms with Gasteiger partial charge in [-0.25, -0.2) is 4.39 Å². The molecule has 2 heterocycles. The van der Waals surface area contributed by atoms with Gasteiger partial charge < -0.3 is 10.2 Å². The van der Waals surface area contributed by atoms with E-state index in [1.807, 2.05) is 0 Å². The highest BCUT2D eigenvalue weighted by atomic mass is 32.1. The van der Waals surface area contributed by atoms with E-state index in [4.69, 9.17) is 0 Å². The van der Waals surface area contributed by atoms with Crippen molar-refractivity contribution in [3.05, 3.63) is 58.0 Å². The summed E-state index contributed by atoms with van der Waals surface area (Å²) < 4.78 is 13.1. The predicted molar refractivity (Wildman–Crippen MR) is 103 cm³/mol. The number of hydrogen-bond acceptors (Lipinski definition) is 3. The molecule has 4 rings (SSSR count). The number of halogens is 1. The highest BCUT2D eigenvalue weighted by Crippen LogP contribution is 2.56. The van der Waals surface area contributed by atoms with Crippen molar-refractivity contribution >= 4 is 17.2 Å². The van der Waals surface area contributed by atoms with Gasteiger partial charge in [0.1, 0.15) is 5.82 Å². The molecule has 1 aromatic carbocycles. The molecular weight excluding hydrogens is 347 g/mol. The fourth-order valence-corrected chi connectivity index (χ4v) is 4.89. The summed E-state index contributed by atoms with van der Waals surface area (Å²) in [7, 11) is 0. The van der Waals surface area contributed by atoms with Gasteiger partial charge >= 0.3 is 0 Å². The lowest BCUT2D eigenvalue weighted by Crippen LogP contribution is -2.39. The van der Waals surface area contributed by atoms with Gasteiger partial charge in [-0.2, -0.15) is 11.3 Å². The van der Waals surface area contributed by atoms with Crippen LogP contribution in [0.25, 0.3) is 0 Å². The standard InChI is InChI=1S/C21H25FN2OS/c22-18-4-1-16(2-5-18)3-6-20(25)24(14-17-7-12-26-15-17)19-13-21(19)8-10-23-11-9-21/h1-2,4-5,7,12,15,19,23H,3,6,8-11,13-14H2. The largest absolute Gasteiger partial charge is 0.335 e. The molecule has 3 nitrogen and oxygen atoms in total. The fraction of sp³-hybridized carbons (Fsp3) is 0.476. The van der Waals surface area contributed by atoms with Crippen LogP contribution in [0.15, 0.2) is 41.1 Å². The smallest absolute Gasteiger partial charge is 0.223 e. The van der Waals surface area contributed by atoms with E-state index in [1.165, 1.54) is 30.5 Å². The molecule has 5 heteroatoms. The van der Waals surface area contributed by atoms with Crippen molar-refractivity contribution in [3.63, 3.8) is 0 Å². The third kappa shape index (κ3) is 3.84. The zero-order valence-electron chi connectivity index (χ0n) is 14.9. The maximum absolute atomic E-state index is 13.1. The predicted octanol–water partition coefficient (Wildman–Crippen LogP) is 3.99. The van der Waals surface area contributed by atoms with E-state index < -0.39 is 0 Å². The van der Waals surface area contributed by atoms with E-state index in [9.17, 15) is 9.18 Å². The molecule has 26 heavy (non-hydrogen) atoms. The second-order valence-corrected chi connectivity index (χ2v) is 8.39. The van der Waals surface area contributed by atoms with E-state index in [0.717, 1.165) is 25.1 Å². The molecule has 1 N–H and O–H groups in total. The first kappa shape index (κ1) is 17.7. The van der Waals surface area contributed by atoms with Crippen LogP contribution in [-0.2, 0) is 17.8 Å². The average molecular weight is 373 g/mol. The molecule has 2 aromatic rings. The van der Waals surface area contributed by atoms with Gasteiger partial charge in [0.05, 0.1) is 0 Å². The Morgan fingerprint density at radius 1 is 1.19 bits per heavy atom. The molecule has 0 bridgehead atoms. The summed E-state index contributed by atoms with van der Waals surface area (Å²) >= 11 is 1.68. The molecule has 1 amide bonds. The second kappa shape index (κ2) is 7.49. The van der Waals surface area contributed by atoms with Crippen LogP contribution in [0, 0.1) is 11.2 Å². The molecule has 1 aliphatic carbocycles. The van der Waals surface area contributed by atoms with Crippen LogP contribution in [0.1, 0.15) is 36.8 Å². The lowest BCUT2D eigenvalue weighted by Gasteiger charge is -2.29. The number of piperidine rings is 1. The normalized spacial score (nSPS) is 20.9. The van der Waals surface area contributed by atoms with E-state index in [1.54, 1.807) is 23.5 Å². The maximum atomic E-state index is 13.1. The number of carbonyl (C=O) groups is 1. The summed E-state index contributed by atoms with van der Waals surface area (Å²) in [6.45, 7) is 2.84. The van der Waals surface area contributed by atoms with Gasteiger partial charge in [0.15, 0.2) is 0 Å². The maximum Gasteiger partial charge on any atom is 0.223 e. The molecule has 1 atom stereocenters. The number of aryl methyl sites for hydroxylation is 1. The summed E-state index contributed by atoms with van der Waals surface area (Å²) in [4.78, 5) is 15.2. The quantitative estimate of drug-likeness (QED) is 0.832. The lowest BCUT2D eigenvalue weighted by atomic mass is 9.93. The summed E-state index contributed by atoms with van der Waals surface area (Å²) in [6, 6.07) is 8.98. The number of nitrogens with one attached hydrogen (secondary N) is 1. The Balaban J connectivity index is 1.43. The number of thiophene rings is 1. The third-order valence-electron chi connectivity index (χ3n) is 5.92. The van der Waals surface area contributed by atoms with E-state index in [0.29, 0.717) is 30.8 Å². The minimum Gasteiger partial charge on any atom is -0.335 e. The van der Waals surface area contributed by atoms with Gasteiger partial charge in [0.25, 0.3) is 0 Å². The summed E-state index contributed by atoms with van der Waals surface area (Å²) in [5.41, 5.74) is 2.58. The first-order valence-electron chi connectivity index (χ1n) is 9.42. The first-order valence-corrected chi connectivity index (χ1v) is 10.4. The molecule has 1 saturated carbocycles. The topological polar surface area (TPSA) is 32.3 Å². The number of rotatable bonds is 6. The van der Waals surface area contributed by atoms with Crippen LogP contribution in [-0.4, -0.2) is 29.9 Å². The minimum atomic E-state index is -0.231. The Labute approximate surface area is 158 Å². The van der Waals surface area contributed by atoms with Crippen molar-refractivity contribution in [3.8, 4) is 0 Å². The Morgan fingerprint density at radius 2 is 1.96 bits per heavy atom. The van der Waals surface area contributed by atoms with Gasteiger partial charge in [-0.3, -0.25) is 4.79 Å². The third-order valence-corrected chi connectivity index (χ3v) is 6.65. The number of amides is 1. The number of hydrogen-bond donors (Lipinski definition) is 1. The molecular formula is C21H25FN2OS. The van der Waals surface area contributed by atoms with Crippen molar-refractivity contribution in [2.45, 2.75) is 44.7 Å². The van der Waals surface area contributed by atoms with Gasteiger partial charge in [-0.05, 0) is 84.3 Å². The highest BCUT2D eigenvalue weighted by molar-refractivity contribution is 7.07. The van der Waals surface area contributed by atoms with Crippen LogP contribution >= 0.6 is 11.3 Å². The van der Waals surface area contributed by atoms with Crippen molar-refractivity contribution in [1.82, 2.24) is 10.2 Å². The molecule has 1 saturated heterocycles. The molecule has 1 unspecified atom stereocenters. The van der Waals surface area contributed by atoms with Gasteiger partial charge in [0, 0.05) is 19.0 Å². The van der Waals surface area contributed by atoms with Gasteiger partial charge in [-0.15, -0.1) is 0 Å². The van der Waals surface area contributed by atoms with Crippen LogP contribution in [0.2, 0.25) is 0 Å². The minimum absolute atomic E-state index is 0.223. The van der Waals surface area contributed by atoms with Crippen LogP contribution in [0.5, 0.6) is 0 Å². The number of benzene rings is 1. The number of carbonyl (C=O) groups excluding carboxylic acids is 1. The summed E-state index contributed by atoms with van der Waals surface area (Å²) in [6.07, 6.45) is 4.63. The van der Waals surface area contributed by atoms with E-state index in [2.05, 4.69) is 27.0 Å². The molecule has 1 aromatic heterocycles. The lowest BCUT2D eigenvalue weighted by molar-refractivity contribution is -0.133. The van der Waals surface area contributed by atoms with Gasteiger partial charge in [0.2, 0.25) is 5.91 Å². The Morgan fingerprint density at radius 3 is 2.65 bits per heavy atom. The molecule has 1 aliphatic heterocycles. The molecule has 0 radical (unpaired) electrons. The van der Waals surface area contributed by atoms with E-state index in [-0.39, 0.29) is 11.7 Å². The molecule has 2 aliphatic rings. The second-order valence-electron chi connectivity index (χ2n) is 7.61. The van der Waals surface area contributed by atoms with Crippen molar-refractivity contribution < 1.29 is 9.18 Å². The Kier molecular flexibility index (Phi) is 5.09. The van der Waals surface area contributed by atoms with Crippen LogP contribution in [0.3, 0.4) is 0 Å². The SMILES string of the molecule is O=C(CCc1ccc(F)cc1)N(Cc1ccsc1)C1CC12CCNCC2. The van der Waals surface area contributed by atoms with Crippen LogP contribution < -0.4 is 5.32 Å². The summed E-state index contributed by atoms with van der Waals surface area (Å²) in [5.74, 6) is -0.00840. The Bertz CT molecular complexity index is 738. The monoisotopic (exact) mass is 372 g/mol. The highest BCUT2D eigenvalue weighted by Gasteiger charge is 2.57. The first-order chi connectivity index (χ1) is 12.7. The molecule has 138 valence electrons. The number of nitrogens with zero attached hydrogens (tertiary/aromatic N) is 1. The summed E-state index contributed by atoms with van der Waals surface area (Å²) in [5, 5.41) is 7.64.